The smallest absolute Gasteiger partial charge is 0.338 e. The predicted molar refractivity (Wildman–Crippen MR) is 145 cm³/mol. The number of esters is 2. The highest BCUT2D eigenvalue weighted by Gasteiger charge is 2.40. The first-order valence-electron chi connectivity index (χ1n) is 11.8. The molecular formula is C29H26INO5. The van der Waals surface area contributed by atoms with Crippen molar-refractivity contribution in [2.75, 3.05) is 6.61 Å². The largest absolute Gasteiger partial charge is 0.459 e. The second-order valence-electron chi connectivity index (χ2n) is 9.07. The average molecular weight is 595 g/mol. The van der Waals surface area contributed by atoms with Crippen LogP contribution in [0.4, 0.5) is 0 Å². The fourth-order valence-corrected chi connectivity index (χ4v) is 4.87. The molecule has 0 aliphatic carbocycles. The third-order valence-electron chi connectivity index (χ3n) is 6.38. The van der Waals surface area contributed by atoms with E-state index in [1.807, 2.05) is 61.0 Å². The molecule has 1 fully saturated rings. The summed E-state index contributed by atoms with van der Waals surface area (Å²) in [6.45, 7) is 3.90. The standard InChI is InChI=1S/C29H26INO5/c1-18-3-7-20(8-4-18)28(32)34-17-26-25(36-29(33)21-9-5-19(2)6-10-21)16-27(35-26)31-14-13-22-15-23(30)11-12-24(22)31/h3-15,25-27H,16-17H2,1-2H3/t25-,26+,27+/m0/s1. The molecule has 3 atom stereocenters. The number of aryl methyl sites for hydroxylation is 2. The monoisotopic (exact) mass is 595 g/mol. The summed E-state index contributed by atoms with van der Waals surface area (Å²) >= 11 is 2.29. The maximum atomic E-state index is 12.9. The number of hydrogen-bond donors (Lipinski definition) is 0. The minimum absolute atomic E-state index is 0.0217. The minimum Gasteiger partial charge on any atom is -0.459 e. The fraction of sp³-hybridized carbons (Fsp3) is 0.241. The molecular weight excluding hydrogens is 569 g/mol. The van der Waals surface area contributed by atoms with Crippen molar-refractivity contribution in [1.82, 2.24) is 4.57 Å². The lowest BCUT2D eigenvalue weighted by molar-refractivity contribution is -0.0561. The second kappa shape index (κ2) is 10.4. The SMILES string of the molecule is Cc1ccc(C(=O)OC[C@H]2O[C@@H](n3ccc4cc(I)ccc43)C[C@@H]2OC(=O)c2ccc(C)cc2)cc1. The van der Waals surface area contributed by atoms with Gasteiger partial charge in [-0.3, -0.25) is 0 Å². The number of ether oxygens (including phenoxy) is 3. The van der Waals surface area contributed by atoms with E-state index in [2.05, 4.69) is 34.7 Å². The van der Waals surface area contributed by atoms with Crippen LogP contribution >= 0.6 is 22.6 Å². The van der Waals surface area contributed by atoms with Crippen LogP contribution in [0.2, 0.25) is 0 Å². The summed E-state index contributed by atoms with van der Waals surface area (Å²) in [4.78, 5) is 25.5. The maximum Gasteiger partial charge on any atom is 0.338 e. The summed E-state index contributed by atoms with van der Waals surface area (Å²) in [6, 6.07) is 22.7. The van der Waals surface area contributed by atoms with E-state index in [1.54, 1.807) is 24.3 Å². The lowest BCUT2D eigenvalue weighted by atomic mass is 10.1. The Morgan fingerprint density at radius 1 is 0.917 bits per heavy atom. The quantitative estimate of drug-likeness (QED) is 0.195. The topological polar surface area (TPSA) is 66.8 Å². The Morgan fingerprint density at radius 2 is 1.56 bits per heavy atom. The van der Waals surface area contributed by atoms with Gasteiger partial charge in [0.05, 0.1) is 16.6 Å². The minimum atomic E-state index is -0.597. The summed E-state index contributed by atoms with van der Waals surface area (Å²) in [5.41, 5.74) is 4.09. The summed E-state index contributed by atoms with van der Waals surface area (Å²) in [5, 5.41) is 1.10. The van der Waals surface area contributed by atoms with Crippen LogP contribution < -0.4 is 0 Å². The van der Waals surface area contributed by atoms with Crippen molar-refractivity contribution >= 4 is 45.4 Å². The van der Waals surface area contributed by atoms with Gasteiger partial charge < -0.3 is 18.8 Å². The van der Waals surface area contributed by atoms with Crippen LogP contribution in [0, 0.1) is 17.4 Å². The molecule has 0 spiro atoms. The summed E-state index contributed by atoms with van der Waals surface area (Å²) < 4.78 is 21.0. The number of benzene rings is 3. The highest BCUT2D eigenvalue weighted by Crippen LogP contribution is 2.35. The molecule has 0 saturated carbocycles. The number of carbonyl (C=O) groups excluding carboxylic acids is 2. The zero-order valence-corrected chi connectivity index (χ0v) is 22.2. The van der Waals surface area contributed by atoms with Crippen molar-refractivity contribution < 1.29 is 23.8 Å². The highest BCUT2D eigenvalue weighted by atomic mass is 127. The first-order valence-corrected chi connectivity index (χ1v) is 12.9. The molecule has 3 aromatic carbocycles. The van der Waals surface area contributed by atoms with Crippen LogP contribution in [-0.4, -0.2) is 35.3 Å². The van der Waals surface area contributed by atoms with Crippen molar-refractivity contribution in [2.24, 2.45) is 0 Å². The normalized spacial score (nSPS) is 19.4. The molecule has 0 amide bonds. The van der Waals surface area contributed by atoms with E-state index >= 15 is 0 Å². The van der Waals surface area contributed by atoms with Crippen LogP contribution in [0.15, 0.2) is 79.0 Å². The number of carbonyl (C=O) groups is 2. The number of fused-ring (bicyclic) bond motifs is 1. The van der Waals surface area contributed by atoms with Crippen molar-refractivity contribution in [1.29, 1.82) is 0 Å². The molecule has 2 heterocycles. The van der Waals surface area contributed by atoms with Gasteiger partial charge in [-0.25, -0.2) is 9.59 Å². The predicted octanol–water partition coefficient (Wildman–Crippen LogP) is 6.23. The van der Waals surface area contributed by atoms with Gasteiger partial charge in [-0.2, -0.15) is 0 Å². The van der Waals surface area contributed by atoms with Gasteiger partial charge in [0.25, 0.3) is 0 Å². The van der Waals surface area contributed by atoms with E-state index < -0.39 is 24.1 Å². The Morgan fingerprint density at radius 3 is 2.22 bits per heavy atom. The number of halogens is 1. The van der Waals surface area contributed by atoms with E-state index in [0.717, 1.165) is 25.6 Å². The number of nitrogens with zero attached hydrogens (tertiary/aromatic N) is 1. The van der Waals surface area contributed by atoms with Gasteiger partial charge >= 0.3 is 11.9 Å². The molecule has 184 valence electrons. The Labute approximate surface area is 223 Å². The lowest BCUT2D eigenvalue weighted by Crippen LogP contribution is -2.32. The first kappa shape index (κ1) is 24.5. The molecule has 0 unspecified atom stereocenters. The molecule has 0 radical (unpaired) electrons. The van der Waals surface area contributed by atoms with Gasteiger partial charge in [-0.1, -0.05) is 35.4 Å². The molecule has 1 aliphatic rings. The van der Waals surface area contributed by atoms with Gasteiger partial charge in [0.2, 0.25) is 0 Å². The van der Waals surface area contributed by atoms with Gasteiger partial charge in [-0.15, -0.1) is 0 Å². The number of rotatable bonds is 6. The highest BCUT2D eigenvalue weighted by molar-refractivity contribution is 14.1. The Hall–Kier alpha value is -3.17. The van der Waals surface area contributed by atoms with Crippen molar-refractivity contribution in [3.63, 3.8) is 0 Å². The van der Waals surface area contributed by atoms with Crippen LogP contribution in [0.25, 0.3) is 10.9 Å². The molecule has 7 heteroatoms. The maximum absolute atomic E-state index is 12.9. The second-order valence-corrected chi connectivity index (χ2v) is 10.3. The van der Waals surface area contributed by atoms with Gasteiger partial charge in [0, 0.05) is 21.6 Å². The Bertz CT molecular complexity index is 1390. The Balaban J connectivity index is 1.35. The summed E-state index contributed by atoms with van der Waals surface area (Å²) in [5.74, 6) is -0.863. The molecule has 6 nitrogen and oxygen atoms in total. The van der Waals surface area contributed by atoms with Crippen LogP contribution in [0.1, 0.15) is 44.5 Å². The van der Waals surface area contributed by atoms with E-state index in [1.165, 1.54) is 0 Å². The average Bonchev–Trinajstić information content (AvgIpc) is 3.46. The van der Waals surface area contributed by atoms with Crippen LogP contribution in [0.5, 0.6) is 0 Å². The van der Waals surface area contributed by atoms with Gasteiger partial charge in [0.15, 0.2) is 0 Å². The van der Waals surface area contributed by atoms with E-state index in [-0.39, 0.29) is 12.8 Å². The summed E-state index contributed by atoms with van der Waals surface area (Å²) in [6.07, 6.45) is 0.892. The van der Waals surface area contributed by atoms with Crippen LogP contribution in [0.3, 0.4) is 0 Å². The summed E-state index contributed by atoms with van der Waals surface area (Å²) in [7, 11) is 0. The zero-order chi connectivity index (χ0) is 25.2. The first-order chi connectivity index (χ1) is 17.4. The number of hydrogen-bond acceptors (Lipinski definition) is 5. The molecule has 4 aromatic rings. The molecule has 36 heavy (non-hydrogen) atoms. The van der Waals surface area contributed by atoms with Crippen molar-refractivity contribution in [3.8, 4) is 0 Å². The molecule has 1 aliphatic heterocycles. The van der Waals surface area contributed by atoms with E-state index in [4.69, 9.17) is 14.2 Å². The van der Waals surface area contributed by atoms with Crippen molar-refractivity contribution in [2.45, 2.75) is 38.7 Å². The third-order valence-corrected chi connectivity index (χ3v) is 7.06. The number of aromatic nitrogens is 1. The Kier molecular flexibility index (Phi) is 7.11. The fourth-order valence-electron chi connectivity index (χ4n) is 4.36. The van der Waals surface area contributed by atoms with E-state index in [9.17, 15) is 9.59 Å². The van der Waals surface area contributed by atoms with E-state index in [0.29, 0.717) is 17.5 Å². The van der Waals surface area contributed by atoms with Gasteiger partial charge in [-0.05, 0) is 85.0 Å². The van der Waals surface area contributed by atoms with Crippen molar-refractivity contribution in [3.05, 3.63) is 105 Å². The molecule has 0 N–H and O–H groups in total. The lowest BCUT2D eigenvalue weighted by Gasteiger charge is -2.19. The van der Waals surface area contributed by atoms with Crippen LogP contribution in [-0.2, 0) is 14.2 Å². The molecule has 1 saturated heterocycles. The molecule has 1 aromatic heterocycles. The molecule has 0 bridgehead atoms. The zero-order valence-electron chi connectivity index (χ0n) is 20.0. The van der Waals surface area contributed by atoms with Gasteiger partial charge in [0.1, 0.15) is 25.0 Å². The third kappa shape index (κ3) is 5.32. The molecule has 5 rings (SSSR count).